The first-order valence-electron chi connectivity index (χ1n) is 6.18. The number of carbonyl (C=O) groups is 1. The van der Waals surface area contributed by atoms with Crippen LogP contribution in [0.2, 0.25) is 0 Å². The van der Waals surface area contributed by atoms with E-state index in [1.54, 1.807) is 11.9 Å². The topological polar surface area (TPSA) is 53.4 Å². The molecular formula is C14H13F3N2O2. The fourth-order valence-corrected chi connectivity index (χ4v) is 2.01. The molecule has 0 aliphatic heterocycles. The third-order valence-electron chi connectivity index (χ3n) is 3.09. The van der Waals surface area contributed by atoms with E-state index in [9.17, 15) is 18.0 Å². The molecule has 1 heterocycles. The number of aromatic nitrogens is 1. The number of carboxylic acids is 1. The van der Waals surface area contributed by atoms with E-state index in [0.717, 1.165) is 12.1 Å². The molecule has 0 aliphatic carbocycles. The second kappa shape index (κ2) is 5.59. The number of anilines is 1. The van der Waals surface area contributed by atoms with Gasteiger partial charge in [-0.1, -0.05) is 6.07 Å². The SMILES string of the molecule is CN(CCC(=O)O)c1nccc2cc(C(F)(F)F)ccc12. The van der Waals surface area contributed by atoms with Crippen molar-refractivity contribution in [3.63, 3.8) is 0 Å². The van der Waals surface area contributed by atoms with E-state index >= 15 is 0 Å². The molecule has 112 valence electrons. The summed E-state index contributed by atoms with van der Waals surface area (Å²) < 4.78 is 38.1. The summed E-state index contributed by atoms with van der Waals surface area (Å²) in [7, 11) is 1.66. The van der Waals surface area contributed by atoms with Crippen LogP contribution in [0, 0.1) is 0 Å². The van der Waals surface area contributed by atoms with Crippen molar-refractivity contribution in [2.45, 2.75) is 12.6 Å². The predicted molar refractivity (Wildman–Crippen MR) is 72.3 cm³/mol. The van der Waals surface area contributed by atoms with Crippen LogP contribution in [-0.4, -0.2) is 29.7 Å². The average molecular weight is 298 g/mol. The van der Waals surface area contributed by atoms with Crippen molar-refractivity contribution in [1.29, 1.82) is 0 Å². The second-order valence-electron chi connectivity index (χ2n) is 4.63. The number of nitrogens with zero attached hydrogens (tertiary/aromatic N) is 2. The Hall–Kier alpha value is -2.31. The number of aliphatic carboxylic acids is 1. The highest BCUT2D eigenvalue weighted by Crippen LogP contribution is 2.33. The fraction of sp³-hybridized carbons (Fsp3) is 0.286. The number of alkyl halides is 3. The Labute approximate surface area is 118 Å². The summed E-state index contributed by atoms with van der Waals surface area (Å²) in [5.41, 5.74) is -0.722. The van der Waals surface area contributed by atoms with Crippen LogP contribution >= 0.6 is 0 Å². The van der Waals surface area contributed by atoms with Crippen molar-refractivity contribution in [2.24, 2.45) is 0 Å². The Morgan fingerprint density at radius 3 is 2.67 bits per heavy atom. The highest BCUT2D eigenvalue weighted by atomic mass is 19.4. The Bertz CT molecular complexity index is 671. The highest BCUT2D eigenvalue weighted by Gasteiger charge is 2.30. The van der Waals surface area contributed by atoms with Gasteiger partial charge in [-0.15, -0.1) is 0 Å². The van der Waals surface area contributed by atoms with Crippen molar-refractivity contribution in [1.82, 2.24) is 4.98 Å². The first-order valence-corrected chi connectivity index (χ1v) is 6.18. The van der Waals surface area contributed by atoms with Gasteiger partial charge in [0.1, 0.15) is 5.82 Å². The summed E-state index contributed by atoms with van der Waals surface area (Å²) in [5, 5.41) is 9.64. The molecule has 0 radical (unpaired) electrons. The van der Waals surface area contributed by atoms with E-state index in [1.807, 2.05) is 0 Å². The molecule has 2 aromatic rings. The largest absolute Gasteiger partial charge is 0.481 e. The summed E-state index contributed by atoms with van der Waals surface area (Å²) >= 11 is 0. The molecule has 21 heavy (non-hydrogen) atoms. The maximum Gasteiger partial charge on any atom is 0.416 e. The predicted octanol–water partition coefficient (Wildman–Crippen LogP) is 3.16. The molecule has 0 bridgehead atoms. The molecule has 7 heteroatoms. The van der Waals surface area contributed by atoms with Gasteiger partial charge < -0.3 is 10.0 Å². The maximum atomic E-state index is 12.7. The van der Waals surface area contributed by atoms with E-state index in [2.05, 4.69) is 4.98 Å². The molecule has 4 nitrogen and oxygen atoms in total. The number of carboxylic acid groups (broad SMARTS) is 1. The number of halogens is 3. The average Bonchev–Trinajstić information content (AvgIpc) is 2.42. The first-order chi connectivity index (χ1) is 9.79. The van der Waals surface area contributed by atoms with Crippen molar-refractivity contribution >= 4 is 22.6 Å². The Morgan fingerprint density at radius 2 is 2.05 bits per heavy atom. The smallest absolute Gasteiger partial charge is 0.416 e. The van der Waals surface area contributed by atoms with Gasteiger partial charge in [0.25, 0.3) is 0 Å². The number of fused-ring (bicyclic) bond motifs is 1. The van der Waals surface area contributed by atoms with Crippen LogP contribution in [0.5, 0.6) is 0 Å². The van der Waals surface area contributed by atoms with Gasteiger partial charge in [0.15, 0.2) is 0 Å². The lowest BCUT2D eigenvalue weighted by molar-refractivity contribution is -0.138. The number of pyridine rings is 1. The molecule has 0 amide bonds. The van der Waals surface area contributed by atoms with Crippen molar-refractivity contribution in [3.8, 4) is 0 Å². The minimum Gasteiger partial charge on any atom is -0.481 e. The first kappa shape index (κ1) is 15.1. The second-order valence-corrected chi connectivity index (χ2v) is 4.63. The van der Waals surface area contributed by atoms with Crippen LogP contribution in [0.15, 0.2) is 30.5 Å². The van der Waals surface area contributed by atoms with Crippen molar-refractivity contribution in [2.75, 3.05) is 18.5 Å². The summed E-state index contributed by atoms with van der Waals surface area (Å²) in [6.45, 7) is 0.225. The lowest BCUT2D eigenvalue weighted by Crippen LogP contribution is -2.22. The summed E-state index contributed by atoms with van der Waals surface area (Å²) in [4.78, 5) is 16.3. The molecule has 0 atom stereocenters. The van der Waals surface area contributed by atoms with Crippen molar-refractivity contribution < 1.29 is 23.1 Å². The molecule has 0 fully saturated rings. The van der Waals surface area contributed by atoms with Gasteiger partial charge in [0.2, 0.25) is 0 Å². The zero-order valence-corrected chi connectivity index (χ0v) is 11.2. The van der Waals surface area contributed by atoms with Gasteiger partial charge in [-0.05, 0) is 23.6 Å². The van der Waals surface area contributed by atoms with E-state index < -0.39 is 17.7 Å². The monoisotopic (exact) mass is 298 g/mol. The van der Waals surface area contributed by atoms with Gasteiger partial charge in [-0.25, -0.2) is 4.98 Å². The lowest BCUT2D eigenvalue weighted by atomic mass is 10.1. The van der Waals surface area contributed by atoms with Gasteiger partial charge in [-0.2, -0.15) is 13.2 Å². The number of rotatable bonds is 4. The molecule has 0 saturated heterocycles. The van der Waals surface area contributed by atoms with Gasteiger partial charge in [0.05, 0.1) is 12.0 Å². The molecule has 1 aromatic heterocycles. The third-order valence-corrected chi connectivity index (χ3v) is 3.09. The van der Waals surface area contributed by atoms with E-state index in [1.165, 1.54) is 18.3 Å². The highest BCUT2D eigenvalue weighted by molar-refractivity contribution is 5.92. The van der Waals surface area contributed by atoms with E-state index in [0.29, 0.717) is 16.6 Å². The third kappa shape index (κ3) is 3.42. The maximum absolute atomic E-state index is 12.7. The van der Waals surface area contributed by atoms with Gasteiger partial charge in [0, 0.05) is 25.2 Å². The minimum atomic E-state index is -4.40. The zero-order valence-electron chi connectivity index (χ0n) is 11.2. The quantitative estimate of drug-likeness (QED) is 0.942. The normalized spacial score (nSPS) is 11.6. The van der Waals surface area contributed by atoms with Crippen LogP contribution in [-0.2, 0) is 11.0 Å². The van der Waals surface area contributed by atoms with Crippen molar-refractivity contribution in [3.05, 3.63) is 36.0 Å². The van der Waals surface area contributed by atoms with Crippen LogP contribution in [0.4, 0.5) is 19.0 Å². The minimum absolute atomic E-state index is 0.0742. The van der Waals surface area contributed by atoms with Gasteiger partial charge >= 0.3 is 12.1 Å². The Kier molecular flexibility index (Phi) is 4.02. The number of benzene rings is 1. The molecule has 0 saturated carbocycles. The van der Waals surface area contributed by atoms with Gasteiger partial charge in [-0.3, -0.25) is 4.79 Å². The molecule has 0 aliphatic rings. The fourth-order valence-electron chi connectivity index (χ4n) is 2.01. The Balaban J connectivity index is 2.40. The van der Waals surface area contributed by atoms with Crippen LogP contribution < -0.4 is 4.90 Å². The summed E-state index contributed by atoms with van der Waals surface area (Å²) in [6.07, 6.45) is -3.06. The zero-order chi connectivity index (χ0) is 15.6. The number of hydrogen-bond acceptors (Lipinski definition) is 3. The van der Waals surface area contributed by atoms with Crippen LogP contribution in [0.25, 0.3) is 10.8 Å². The number of hydrogen-bond donors (Lipinski definition) is 1. The standard InChI is InChI=1S/C14H13F3N2O2/c1-19(7-5-12(20)21)13-11-3-2-10(14(15,16)17)8-9(11)4-6-18-13/h2-4,6,8H,5,7H2,1H3,(H,20,21). The Morgan fingerprint density at radius 1 is 1.33 bits per heavy atom. The van der Waals surface area contributed by atoms with Crippen LogP contribution in [0.3, 0.4) is 0 Å². The summed E-state index contributed by atoms with van der Waals surface area (Å²) in [5.74, 6) is -0.482. The molecular weight excluding hydrogens is 285 g/mol. The van der Waals surface area contributed by atoms with Crippen LogP contribution in [0.1, 0.15) is 12.0 Å². The summed E-state index contributed by atoms with van der Waals surface area (Å²) in [6, 6.07) is 4.92. The molecule has 1 N–H and O–H groups in total. The molecule has 2 rings (SSSR count). The van der Waals surface area contributed by atoms with E-state index in [4.69, 9.17) is 5.11 Å². The molecule has 0 spiro atoms. The molecule has 0 unspecified atom stereocenters. The molecule has 1 aromatic carbocycles. The van der Waals surface area contributed by atoms with E-state index in [-0.39, 0.29) is 13.0 Å². The lowest BCUT2D eigenvalue weighted by Gasteiger charge is -2.19.